The molecule has 1 atom stereocenters. The lowest BCUT2D eigenvalue weighted by molar-refractivity contribution is -0.725. The molecule has 0 heterocycles. The summed E-state index contributed by atoms with van der Waals surface area (Å²) < 4.78 is 16.5. The molecule has 112 valence electrons. The third kappa shape index (κ3) is 4.05. The molecule has 0 bridgehead atoms. The van der Waals surface area contributed by atoms with Gasteiger partial charge in [-0.3, -0.25) is 5.21 Å². The summed E-state index contributed by atoms with van der Waals surface area (Å²) in [5, 5.41) is 20.5. The van der Waals surface area contributed by atoms with Crippen LogP contribution in [-0.4, -0.2) is 21.9 Å². The molecule has 0 amide bonds. The number of hydrogen-bond donors (Lipinski definition) is 2. The molecule has 1 aliphatic carbocycles. The van der Waals surface area contributed by atoms with Gasteiger partial charge in [0, 0.05) is 16.0 Å². The van der Waals surface area contributed by atoms with E-state index < -0.39 is 22.5 Å². The molecule has 1 aliphatic rings. The second-order valence-corrected chi connectivity index (χ2v) is 6.08. The van der Waals surface area contributed by atoms with Gasteiger partial charge in [-0.1, -0.05) is 40.9 Å². The van der Waals surface area contributed by atoms with Gasteiger partial charge in [-0.25, -0.2) is 4.72 Å². The summed E-state index contributed by atoms with van der Waals surface area (Å²) >= 11 is 19.0. The predicted molar refractivity (Wildman–Crippen MR) is 83.0 cm³/mol. The smallest absolute Gasteiger partial charge is 0.302 e. The lowest BCUT2D eigenvalue weighted by atomic mass is 10.1. The SMILES string of the molecule is [O-]/[N+](O)=C1/C=CC(NSc2c(Cl)cc(Cl)cc2Cl)C=C1F. The molecule has 0 spiro atoms. The van der Waals surface area contributed by atoms with Crippen molar-refractivity contribution in [2.45, 2.75) is 10.9 Å². The van der Waals surface area contributed by atoms with Crippen molar-refractivity contribution in [3.8, 4) is 0 Å². The highest BCUT2D eigenvalue weighted by Crippen LogP contribution is 2.35. The third-order valence-electron chi connectivity index (χ3n) is 2.50. The molecule has 0 saturated carbocycles. The summed E-state index contributed by atoms with van der Waals surface area (Å²) in [6.45, 7) is 0. The van der Waals surface area contributed by atoms with Gasteiger partial charge in [0.2, 0.25) is 0 Å². The van der Waals surface area contributed by atoms with Gasteiger partial charge in [0.05, 0.1) is 21.0 Å². The van der Waals surface area contributed by atoms with Crippen LogP contribution in [0.15, 0.2) is 41.1 Å². The molecule has 1 aromatic rings. The topological polar surface area (TPSA) is 58.3 Å². The molecular weight excluding hydrogens is 362 g/mol. The zero-order chi connectivity index (χ0) is 15.6. The number of hydrogen-bond acceptors (Lipinski definition) is 4. The van der Waals surface area contributed by atoms with E-state index in [1.54, 1.807) is 12.1 Å². The Morgan fingerprint density at radius 3 is 2.43 bits per heavy atom. The largest absolute Gasteiger partial charge is 0.417 e. The Morgan fingerprint density at radius 2 is 1.90 bits per heavy atom. The van der Waals surface area contributed by atoms with Gasteiger partial charge >= 0.3 is 5.71 Å². The van der Waals surface area contributed by atoms with Gasteiger partial charge < -0.3 is 5.21 Å². The van der Waals surface area contributed by atoms with Crippen molar-refractivity contribution >= 4 is 52.5 Å². The van der Waals surface area contributed by atoms with Crippen LogP contribution in [-0.2, 0) is 0 Å². The highest BCUT2D eigenvalue weighted by Gasteiger charge is 2.21. The maximum atomic E-state index is 13.5. The van der Waals surface area contributed by atoms with E-state index in [0.717, 1.165) is 18.0 Å². The molecule has 0 aliphatic heterocycles. The van der Waals surface area contributed by atoms with Crippen LogP contribution in [0.3, 0.4) is 0 Å². The van der Waals surface area contributed by atoms with Crippen LogP contribution >= 0.6 is 46.8 Å². The fourth-order valence-electron chi connectivity index (χ4n) is 1.55. The van der Waals surface area contributed by atoms with Crippen molar-refractivity contribution in [3.05, 3.63) is 56.5 Å². The average molecular weight is 370 g/mol. The van der Waals surface area contributed by atoms with Gasteiger partial charge in [0.1, 0.15) is 0 Å². The summed E-state index contributed by atoms with van der Waals surface area (Å²) in [6.07, 6.45) is 3.82. The molecule has 21 heavy (non-hydrogen) atoms. The average Bonchev–Trinajstić information content (AvgIpc) is 2.36. The minimum absolute atomic E-state index is 0.364. The van der Waals surface area contributed by atoms with Gasteiger partial charge in [-0.05, 0) is 30.2 Å². The zero-order valence-electron chi connectivity index (χ0n) is 10.2. The molecule has 0 aromatic heterocycles. The molecule has 1 unspecified atom stereocenters. The van der Waals surface area contributed by atoms with Gasteiger partial charge in [-0.2, -0.15) is 4.39 Å². The van der Waals surface area contributed by atoms with Gasteiger partial charge in [0.25, 0.3) is 0 Å². The van der Waals surface area contributed by atoms with Crippen LogP contribution in [0.1, 0.15) is 0 Å². The number of halogens is 4. The third-order valence-corrected chi connectivity index (χ3v) is 4.57. The Kier molecular flexibility index (Phi) is 5.40. The molecule has 0 saturated heterocycles. The van der Waals surface area contributed by atoms with E-state index in [4.69, 9.17) is 40.0 Å². The van der Waals surface area contributed by atoms with Crippen LogP contribution in [0.4, 0.5) is 4.39 Å². The molecule has 1 aromatic carbocycles. The zero-order valence-corrected chi connectivity index (χ0v) is 13.3. The van der Waals surface area contributed by atoms with Gasteiger partial charge in [-0.15, -0.1) is 0 Å². The Balaban J connectivity index is 2.09. The molecule has 4 nitrogen and oxygen atoms in total. The second-order valence-electron chi connectivity index (χ2n) is 3.98. The Morgan fingerprint density at radius 1 is 1.29 bits per heavy atom. The molecule has 0 radical (unpaired) electrons. The minimum atomic E-state index is -0.832. The van der Waals surface area contributed by atoms with Crippen molar-refractivity contribution in [1.82, 2.24) is 4.72 Å². The van der Waals surface area contributed by atoms with Crippen LogP contribution in [0.2, 0.25) is 15.1 Å². The van der Waals surface area contributed by atoms with E-state index in [-0.39, 0.29) is 0 Å². The fraction of sp³-hybridized carbons (Fsp3) is 0.0833. The van der Waals surface area contributed by atoms with Crippen molar-refractivity contribution in [2.75, 3.05) is 0 Å². The molecular formula is C12H8Cl3FN2O2S. The monoisotopic (exact) mass is 368 g/mol. The van der Waals surface area contributed by atoms with Crippen LogP contribution < -0.4 is 4.72 Å². The maximum Gasteiger partial charge on any atom is 0.302 e. The summed E-state index contributed by atoms with van der Waals surface area (Å²) in [4.78, 5) is 0.0193. The van der Waals surface area contributed by atoms with E-state index in [0.29, 0.717) is 20.0 Å². The van der Waals surface area contributed by atoms with E-state index in [1.165, 1.54) is 12.2 Å². The first kappa shape index (κ1) is 16.5. The second kappa shape index (κ2) is 6.89. The lowest BCUT2D eigenvalue weighted by Crippen LogP contribution is -2.24. The quantitative estimate of drug-likeness (QED) is 0.359. The fourth-order valence-corrected chi connectivity index (χ4v) is 3.32. The van der Waals surface area contributed by atoms with E-state index >= 15 is 0 Å². The van der Waals surface area contributed by atoms with E-state index in [1.807, 2.05) is 0 Å². The van der Waals surface area contributed by atoms with Crippen LogP contribution in [0.5, 0.6) is 0 Å². The Labute approximate surface area is 139 Å². The first-order chi connectivity index (χ1) is 9.88. The summed E-state index contributed by atoms with van der Waals surface area (Å²) in [6, 6.07) is 2.58. The van der Waals surface area contributed by atoms with Crippen LogP contribution in [0, 0.1) is 5.21 Å². The summed E-state index contributed by atoms with van der Waals surface area (Å²) in [5.41, 5.74) is -0.458. The Bertz CT molecular complexity index is 637. The highest BCUT2D eigenvalue weighted by atomic mass is 35.5. The summed E-state index contributed by atoms with van der Waals surface area (Å²) in [7, 11) is 0. The predicted octanol–water partition coefficient (Wildman–Crippen LogP) is 4.38. The lowest BCUT2D eigenvalue weighted by Gasteiger charge is -2.14. The molecule has 2 rings (SSSR count). The van der Waals surface area contributed by atoms with Crippen molar-refractivity contribution < 1.29 is 14.5 Å². The number of nitrogens with zero attached hydrogens (tertiary/aromatic N) is 1. The summed E-state index contributed by atoms with van der Waals surface area (Å²) in [5.74, 6) is -0.832. The molecule has 9 heteroatoms. The highest BCUT2D eigenvalue weighted by molar-refractivity contribution is 7.97. The van der Waals surface area contributed by atoms with Crippen molar-refractivity contribution in [2.24, 2.45) is 0 Å². The number of rotatable bonds is 3. The number of allylic oxidation sites excluding steroid dienone is 2. The van der Waals surface area contributed by atoms with Crippen LogP contribution in [0.25, 0.3) is 0 Å². The van der Waals surface area contributed by atoms with Crippen molar-refractivity contribution in [3.63, 3.8) is 0 Å². The van der Waals surface area contributed by atoms with E-state index in [9.17, 15) is 9.60 Å². The minimum Gasteiger partial charge on any atom is -0.417 e. The van der Waals surface area contributed by atoms with Gasteiger partial charge in [0.15, 0.2) is 5.83 Å². The molecule has 2 N–H and O–H groups in total. The first-order valence-electron chi connectivity index (χ1n) is 5.54. The standard InChI is InChI=1S/C12H8Cl3FN2O2S/c13-6-3-8(14)12(9(15)4-6)21-17-7-1-2-11(18(19)20)10(16)5-7/h1-5,7,17H,(H,19,20). The normalized spacial score (nSPS) is 20.4. The van der Waals surface area contributed by atoms with E-state index in [2.05, 4.69) is 4.72 Å². The molecule has 0 fully saturated rings. The number of benzene rings is 1. The number of nitrogens with one attached hydrogen (secondary N) is 1. The maximum absolute atomic E-state index is 13.5. The Hall–Kier alpha value is -0.920. The first-order valence-corrected chi connectivity index (χ1v) is 7.49. The van der Waals surface area contributed by atoms with Crippen molar-refractivity contribution in [1.29, 1.82) is 0 Å².